The summed E-state index contributed by atoms with van der Waals surface area (Å²) in [6.07, 6.45) is 1.54. The Morgan fingerprint density at radius 2 is 2.04 bits per heavy atom. The van der Waals surface area contributed by atoms with Crippen molar-refractivity contribution in [2.24, 2.45) is 0 Å². The van der Waals surface area contributed by atoms with Gasteiger partial charge in [0.25, 0.3) is 0 Å². The van der Waals surface area contributed by atoms with Crippen LogP contribution < -0.4 is 5.84 Å². The first kappa shape index (κ1) is 17.1. The molecule has 1 amide bonds. The third-order valence-corrected chi connectivity index (χ3v) is 4.62. The molecule has 25 heavy (non-hydrogen) atoms. The Morgan fingerprint density at radius 1 is 1.28 bits per heavy atom. The third kappa shape index (κ3) is 4.03. The highest BCUT2D eigenvalue weighted by molar-refractivity contribution is 7.99. The maximum absolute atomic E-state index is 12.3. The summed E-state index contributed by atoms with van der Waals surface area (Å²) in [4.78, 5) is 14.0. The van der Waals surface area contributed by atoms with E-state index in [1.165, 1.54) is 22.0 Å². The molecule has 0 spiro atoms. The van der Waals surface area contributed by atoms with Crippen LogP contribution in [0.5, 0.6) is 0 Å². The summed E-state index contributed by atoms with van der Waals surface area (Å²) in [7, 11) is 1.78. The highest BCUT2D eigenvalue weighted by Gasteiger charge is 2.17. The quantitative estimate of drug-likeness (QED) is 0.538. The fourth-order valence-electron chi connectivity index (χ4n) is 2.24. The van der Waals surface area contributed by atoms with Crippen LogP contribution in [0.3, 0.4) is 0 Å². The van der Waals surface area contributed by atoms with Gasteiger partial charge in [-0.25, -0.2) is 4.68 Å². The monoisotopic (exact) mass is 357 g/mol. The molecule has 0 saturated carbocycles. The fraction of sp³-hybridized carbons (Fsp3) is 0.235. The summed E-state index contributed by atoms with van der Waals surface area (Å²) in [5, 5.41) is 8.48. The van der Waals surface area contributed by atoms with E-state index < -0.39 is 0 Å². The molecule has 0 saturated heterocycles. The lowest BCUT2D eigenvalue weighted by Gasteiger charge is -2.17. The predicted molar refractivity (Wildman–Crippen MR) is 96.3 cm³/mol. The van der Waals surface area contributed by atoms with Crippen LogP contribution in [0.2, 0.25) is 0 Å². The summed E-state index contributed by atoms with van der Waals surface area (Å²) < 4.78 is 6.59. The van der Waals surface area contributed by atoms with Gasteiger partial charge in [-0.1, -0.05) is 41.6 Å². The van der Waals surface area contributed by atoms with Gasteiger partial charge in [-0.05, 0) is 24.6 Å². The zero-order chi connectivity index (χ0) is 17.8. The normalized spacial score (nSPS) is 10.8. The Labute approximate surface area is 149 Å². The van der Waals surface area contributed by atoms with E-state index in [2.05, 4.69) is 10.2 Å². The maximum Gasteiger partial charge on any atom is 0.233 e. The number of furan rings is 1. The zero-order valence-electron chi connectivity index (χ0n) is 14.0. The fourth-order valence-corrected chi connectivity index (χ4v) is 3.04. The standard InChI is InChI=1S/C17H19N5O2S/c1-12-5-7-13(8-6-12)10-21(2)15(23)11-25-17-20-19-16(22(17)18)14-4-3-9-24-14/h3-9H,10-11,18H2,1-2H3. The minimum atomic E-state index is -0.00637. The summed E-state index contributed by atoms with van der Waals surface area (Å²) >= 11 is 1.25. The Morgan fingerprint density at radius 3 is 2.72 bits per heavy atom. The number of carbonyl (C=O) groups excluding carboxylic acids is 1. The van der Waals surface area contributed by atoms with E-state index in [4.69, 9.17) is 10.3 Å². The average molecular weight is 357 g/mol. The second kappa shape index (κ2) is 7.43. The van der Waals surface area contributed by atoms with Gasteiger partial charge < -0.3 is 15.2 Å². The van der Waals surface area contributed by atoms with Gasteiger partial charge in [0.1, 0.15) is 0 Å². The summed E-state index contributed by atoms with van der Waals surface area (Å²) in [5.74, 6) is 7.16. The van der Waals surface area contributed by atoms with Gasteiger partial charge in [0.05, 0.1) is 12.0 Å². The van der Waals surface area contributed by atoms with Crippen LogP contribution in [0.4, 0.5) is 0 Å². The zero-order valence-corrected chi connectivity index (χ0v) is 14.9. The Bertz CT molecular complexity index is 843. The molecular formula is C17H19N5O2S. The van der Waals surface area contributed by atoms with Crippen LogP contribution in [0.15, 0.2) is 52.2 Å². The lowest BCUT2D eigenvalue weighted by Crippen LogP contribution is -2.28. The molecule has 2 aromatic heterocycles. The molecule has 8 heteroatoms. The van der Waals surface area contributed by atoms with Crippen LogP contribution in [-0.4, -0.2) is 38.5 Å². The van der Waals surface area contributed by atoms with Crippen molar-refractivity contribution in [2.75, 3.05) is 18.6 Å². The number of aromatic nitrogens is 3. The summed E-state index contributed by atoms with van der Waals surface area (Å²) in [6, 6.07) is 11.6. The molecule has 0 fully saturated rings. The van der Waals surface area contributed by atoms with E-state index in [-0.39, 0.29) is 11.7 Å². The second-order valence-electron chi connectivity index (χ2n) is 5.68. The number of aryl methyl sites for hydroxylation is 1. The number of benzene rings is 1. The van der Waals surface area contributed by atoms with Gasteiger partial charge in [0, 0.05) is 13.6 Å². The second-order valence-corrected chi connectivity index (χ2v) is 6.62. The van der Waals surface area contributed by atoms with Crippen molar-refractivity contribution in [1.29, 1.82) is 0 Å². The molecule has 1 aromatic carbocycles. The lowest BCUT2D eigenvalue weighted by molar-refractivity contribution is -0.127. The van der Waals surface area contributed by atoms with Crippen molar-refractivity contribution in [1.82, 2.24) is 19.8 Å². The van der Waals surface area contributed by atoms with Gasteiger partial charge in [0.2, 0.25) is 16.9 Å². The number of carbonyl (C=O) groups is 1. The number of nitrogens with two attached hydrogens (primary N) is 1. The van der Waals surface area contributed by atoms with Gasteiger partial charge in [-0.3, -0.25) is 4.79 Å². The SMILES string of the molecule is Cc1ccc(CN(C)C(=O)CSc2nnc(-c3ccco3)n2N)cc1. The molecule has 0 atom stereocenters. The molecule has 7 nitrogen and oxygen atoms in total. The third-order valence-electron chi connectivity index (χ3n) is 3.70. The number of hydrogen-bond donors (Lipinski definition) is 1. The van der Waals surface area contributed by atoms with E-state index in [0.717, 1.165) is 5.56 Å². The number of thioether (sulfide) groups is 1. The molecule has 3 aromatic rings. The molecule has 0 bridgehead atoms. The predicted octanol–water partition coefficient (Wildman–Crippen LogP) is 2.31. The number of amides is 1. The first-order valence-corrected chi connectivity index (χ1v) is 8.70. The van der Waals surface area contributed by atoms with Crippen LogP contribution in [0.25, 0.3) is 11.6 Å². The molecule has 0 unspecified atom stereocenters. The lowest BCUT2D eigenvalue weighted by atomic mass is 10.1. The first-order valence-electron chi connectivity index (χ1n) is 7.71. The number of nitrogen functional groups attached to an aromatic ring is 1. The average Bonchev–Trinajstić information content (AvgIpc) is 3.24. The summed E-state index contributed by atoms with van der Waals surface area (Å²) in [5.41, 5.74) is 2.29. The molecule has 3 rings (SSSR count). The van der Waals surface area contributed by atoms with Crippen molar-refractivity contribution in [3.63, 3.8) is 0 Å². The smallest absolute Gasteiger partial charge is 0.233 e. The molecule has 130 valence electrons. The van der Waals surface area contributed by atoms with Gasteiger partial charge >= 0.3 is 0 Å². The Balaban J connectivity index is 1.58. The number of nitrogens with zero attached hydrogens (tertiary/aromatic N) is 4. The van der Waals surface area contributed by atoms with Crippen molar-refractivity contribution in [2.45, 2.75) is 18.6 Å². The highest BCUT2D eigenvalue weighted by Crippen LogP contribution is 2.22. The molecule has 2 heterocycles. The van der Waals surface area contributed by atoms with Crippen molar-refractivity contribution in [3.8, 4) is 11.6 Å². The summed E-state index contributed by atoms with van der Waals surface area (Å²) in [6.45, 7) is 2.60. The largest absolute Gasteiger partial charge is 0.461 e. The van der Waals surface area contributed by atoms with E-state index in [9.17, 15) is 4.79 Å². The molecule has 0 aliphatic heterocycles. The van der Waals surface area contributed by atoms with Crippen molar-refractivity contribution >= 4 is 17.7 Å². The van der Waals surface area contributed by atoms with Crippen LogP contribution >= 0.6 is 11.8 Å². The Kier molecular flexibility index (Phi) is 5.08. The molecule has 0 aliphatic carbocycles. The van der Waals surface area contributed by atoms with Crippen LogP contribution in [0.1, 0.15) is 11.1 Å². The van der Waals surface area contributed by atoms with Crippen molar-refractivity contribution in [3.05, 3.63) is 53.8 Å². The Hall–Kier alpha value is -2.74. The minimum Gasteiger partial charge on any atom is -0.461 e. The minimum absolute atomic E-state index is 0.00637. The first-order chi connectivity index (χ1) is 12.0. The van der Waals surface area contributed by atoms with Gasteiger partial charge in [-0.2, -0.15) is 0 Å². The molecule has 0 radical (unpaired) electrons. The molecule has 2 N–H and O–H groups in total. The highest BCUT2D eigenvalue weighted by atomic mass is 32.2. The molecule has 0 aliphatic rings. The van der Waals surface area contributed by atoms with Crippen LogP contribution in [-0.2, 0) is 11.3 Å². The van der Waals surface area contributed by atoms with E-state index in [0.29, 0.717) is 23.3 Å². The number of hydrogen-bond acceptors (Lipinski definition) is 6. The van der Waals surface area contributed by atoms with Gasteiger partial charge in [-0.15, -0.1) is 10.2 Å². The number of rotatable bonds is 6. The van der Waals surface area contributed by atoms with E-state index in [1.54, 1.807) is 30.3 Å². The van der Waals surface area contributed by atoms with Gasteiger partial charge in [0.15, 0.2) is 5.76 Å². The van der Waals surface area contributed by atoms with Crippen LogP contribution in [0, 0.1) is 6.92 Å². The maximum atomic E-state index is 12.3. The van der Waals surface area contributed by atoms with E-state index >= 15 is 0 Å². The van der Waals surface area contributed by atoms with E-state index in [1.807, 2.05) is 31.2 Å². The topological polar surface area (TPSA) is 90.2 Å². The van der Waals surface area contributed by atoms with Crippen molar-refractivity contribution < 1.29 is 9.21 Å². The molecular weight excluding hydrogens is 338 g/mol.